The molecule has 0 unspecified atom stereocenters. The van der Waals surface area contributed by atoms with Crippen LogP contribution in [0.5, 0.6) is 0 Å². The number of ketones is 1. The van der Waals surface area contributed by atoms with Crippen molar-refractivity contribution in [2.45, 2.75) is 20.0 Å². The van der Waals surface area contributed by atoms with Crippen molar-refractivity contribution in [3.63, 3.8) is 0 Å². The van der Waals surface area contributed by atoms with Crippen molar-refractivity contribution in [2.24, 2.45) is 0 Å². The van der Waals surface area contributed by atoms with E-state index in [9.17, 15) is 9.59 Å². The summed E-state index contributed by atoms with van der Waals surface area (Å²) in [6.07, 6.45) is 2.79. The molecule has 0 aliphatic rings. The second kappa shape index (κ2) is 5.96. The molecule has 0 amide bonds. The molecule has 0 radical (unpaired) electrons. The molecule has 0 saturated carbocycles. The van der Waals surface area contributed by atoms with E-state index in [4.69, 9.17) is 10.2 Å². The predicted molar refractivity (Wildman–Crippen MR) is 63.7 cm³/mol. The van der Waals surface area contributed by atoms with E-state index >= 15 is 0 Å². The van der Waals surface area contributed by atoms with Gasteiger partial charge in [0.1, 0.15) is 0 Å². The van der Waals surface area contributed by atoms with Gasteiger partial charge in [-0.2, -0.15) is 0 Å². The number of carboxylic acid groups (broad SMARTS) is 1. The molecule has 0 bridgehead atoms. The Morgan fingerprint density at radius 3 is 2.59 bits per heavy atom. The lowest BCUT2D eigenvalue weighted by molar-refractivity contribution is -0.131. The van der Waals surface area contributed by atoms with E-state index in [2.05, 4.69) is 0 Å². The Bertz CT molecular complexity index is 460. The summed E-state index contributed by atoms with van der Waals surface area (Å²) in [6, 6.07) is 4.85. The molecule has 90 valence electrons. The number of benzene rings is 1. The molecule has 17 heavy (non-hydrogen) atoms. The maximum atomic E-state index is 11.5. The lowest BCUT2D eigenvalue weighted by atomic mass is 10.0. The molecule has 1 aromatic rings. The summed E-state index contributed by atoms with van der Waals surface area (Å²) >= 11 is 0. The Balaban J connectivity index is 3.09. The van der Waals surface area contributed by atoms with Crippen LogP contribution in [0.15, 0.2) is 24.3 Å². The van der Waals surface area contributed by atoms with Gasteiger partial charge in [-0.25, -0.2) is 4.79 Å². The van der Waals surface area contributed by atoms with Crippen LogP contribution in [0.25, 0.3) is 6.08 Å². The Hall–Kier alpha value is -1.94. The smallest absolute Gasteiger partial charge is 0.328 e. The molecule has 1 rings (SSSR count). The van der Waals surface area contributed by atoms with Crippen molar-refractivity contribution in [3.05, 3.63) is 41.0 Å². The van der Waals surface area contributed by atoms with Gasteiger partial charge in [-0.15, -0.1) is 0 Å². The molecule has 4 heteroatoms. The summed E-state index contributed by atoms with van der Waals surface area (Å²) in [7, 11) is 0. The molecule has 0 atom stereocenters. The molecular formula is C13H14O4. The molecule has 0 fully saturated rings. The maximum Gasteiger partial charge on any atom is 0.328 e. The van der Waals surface area contributed by atoms with Crippen molar-refractivity contribution in [1.29, 1.82) is 0 Å². The van der Waals surface area contributed by atoms with Crippen LogP contribution in [-0.2, 0) is 11.4 Å². The average Bonchev–Trinajstić information content (AvgIpc) is 2.34. The first-order valence-corrected chi connectivity index (χ1v) is 5.26. The van der Waals surface area contributed by atoms with E-state index in [1.54, 1.807) is 25.1 Å². The van der Waals surface area contributed by atoms with Gasteiger partial charge in [-0.3, -0.25) is 4.79 Å². The molecule has 0 aliphatic heterocycles. The van der Waals surface area contributed by atoms with E-state index < -0.39 is 5.97 Å². The minimum atomic E-state index is -1.05. The number of hydrogen-bond donors (Lipinski definition) is 2. The Morgan fingerprint density at radius 1 is 1.35 bits per heavy atom. The number of carbonyl (C=O) groups excluding carboxylic acids is 1. The van der Waals surface area contributed by atoms with Crippen LogP contribution in [0.2, 0.25) is 0 Å². The first kappa shape index (κ1) is 13.1. The van der Waals surface area contributed by atoms with Gasteiger partial charge in [0, 0.05) is 18.1 Å². The minimum Gasteiger partial charge on any atom is -0.478 e. The number of Topliss-reactive ketones (excluding diaryl/α,β-unsaturated/α-hetero) is 1. The van der Waals surface area contributed by atoms with Crippen LogP contribution in [0, 0.1) is 0 Å². The monoisotopic (exact) mass is 234 g/mol. The highest BCUT2D eigenvalue weighted by molar-refractivity contribution is 5.96. The van der Waals surface area contributed by atoms with Crippen molar-refractivity contribution >= 4 is 17.8 Å². The van der Waals surface area contributed by atoms with Gasteiger partial charge in [0.2, 0.25) is 0 Å². The molecule has 2 N–H and O–H groups in total. The van der Waals surface area contributed by atoms with Gasteiger partial charge in [-0.05, 0) is 23.3 Å². The van der Waals surface area contributed by atoms with Crippen LogP contribution in [0.3, 0.4) is 0 Å². The summed E-state index contributed by atoms with van der Waals surface area (Å²) in [5.74, 6) is -1.06. The van der Waals surface area contributed by atoms with Crippen LogP contribution in [-0.4, -0.2) is 22.0 Å². The third-order valence-corrected chi connectivity index (χ3v) is 2.36. The van der Waals surface area contributed by atoms with E-state index in [0.717, 1.165) is 6.08 Å². The third kappa shape index (κ3) is 3.53. The van der Waals surface area contributed by atoms with Crippen LogP contribution in [0.4, 0.5) is 0 Å². The van der Waals surface area contributed by atoms with Gasteiger partial charge in [0.05, 0.1) is 6.61 Å². The van der Waals surface area contributed by atoms with E-state index in [-0.39, 0.29) is 12.4 Å². The predicted octanol–water partition coefficient (Wildman–Crippen LogP) is 1.87. The molecule has 4 nitrogen and oxygen atoms in total. The highest BCUT2D eigenvalue weighted by Gasteiger charge is 2.06. The second-order valence-corrected chi connectivity index (χ2v) is 3.52. The summed E-state index contributed by atoms with van der Waals surface area (Å²) in [5.41, 5.74) is 1.67. The summed E-state index contributed by atoms with van der Waals surface area (Å²) in [5, 5.41) is 17.7. The largest absolute Gasteiger partial charge is 0.478 e. The molecule has 0 spiro atoms. The average molecular weight is 234 g/mol. The zero-order valence-corrected chi connectivity index (χ0v) is 9.51. The summed E-state index contributed by atoms with van der Waals surface area (Å²) in [6.45, 7) is 1.53. The highest BCUT2D eigenvalue weighted by atomic mass is 16.4. The van der Waals surface area contributed by atoms with E-state index in [1.165, 1.54) is 6.08 Å². The highest BCUT2D eigenvalue weighted by Crippen LogP contribution is 2.15. The number of carbonyl (C=O) groups is 2. The second-order valence-electron chi connectivity index (χ2n) is 3.52. The first-order chi connectivity index (χ1) is 8.08. The SMILES string of the molecule is CCC(=O)c1ccc(/C=C/C(=O)O)c(CO)c1. The van der Waals surface area contributed by atoms with Gasteiger partial charge in [-0.1, -0.05) is 19.1 Å². The Kier molecular flexibility index (Phi) is 4.60. The zero-order chi connectivity index (χ0) is 12.8. The Labute approximate surface area is 99.2 Å². The third-order valence-electron chi connectivity index (χ3n) is 2.36. The fourth-order valence-electron chi connectivity index (χ4n) is 1.44. The number of rotatable bonds is 5. The van der Waals surface area contributed by atoms with Gasteiger partial charge in [0.25, 0.3) is 0 Å². The molecule has 0 aliphatic carbocycles. The quantitative estimate of drug-likeness (QED) is 0.602. The van der Waals surface area contributed by atoms with E-state index in [1.807, 2.05) is 0 Å². The number of hydrogen-bond acceptors (Lipinski definition) is 3. The molecule has 0 heterocycles. The van der Waals surface area contributed by atoms with Crippen LogP contribution < -0.4 is 0 Å². The summed E-state index contributed by atoms with van der Waals surface area (Å²) < 4.78 is 0. The van der Waals surface area contributed by atoms with Gasteiger partial charge < -0.3 is 10.2 Å². The topological polar surface area (TPSA) is 74.6 Å². The molecule has 0 aromatic heterocycles. The summed E-state index contributed by atoms with van der Waals surface area (Å²) in [4.78, 5) is 21.9. The number of aliphatic hydroxyl groups excluding tert-OH is 1. The number of aliphatic hydroxyl groups is 1. The van der Waals surface area contributed by atoms with Crippen molar-refractivity contribution < 1.29 is 19.8 Å². The van der Waals surface area contributed by atoms with Gasteiger partial charge >= 0.3 is 5.97 Å². The fourth-order valence-corrected chi connectivity index (χ4v) is 1.44. The van der Waals surface area contributed by atoms with Crippen molar-refractivity contribution in [1.82, 2.24) is 0 Å². The first-order valence-electron chi connectivity index (χ1n) is 5.26. The fraction of sp³-hybridized carbons (Fsp3) is 0.231. The van der Waals surface area contributed by atoms with Crippen molar-refractivity contribution in [3.8, 4) is 0 Å². The van der Waals surface area contributed by atoms with Crippen LogP contribution >= 0.6 is 0 Å². The lowest BCUT2D eigenvalue weighted by Gasteiger charge is -2.05. The molecule has 1 aromatic carbocycles. The molecule has 0 saturated heterocycles. The van der Waals surface area contributed by atoms with Gasteiger partial charge in [0.15, 0.2) is 5.78 Å². The molecular weight excluding hydrogens is 220 g/mol. The maximum absolute atomic E-state index is 11.5. The normalized spacial score (nSPS) is 10.7. The van der Waals surface area contributed by atoms with Crippen molar-refractivity contribution in [2.75, 3.05) is 0 Å². The standard InChI is InChI=1S/C13H14O4/c1-2-12(15)10-4-3-9(5-6-13(16)17)11(7-10)8-14/h3-7,14H,2,8H2,1H3,(H,16,17)/b6-5+. The minimum absolute atomic E-state index is 0.00605. The zero-order valence-electron chi connectivity index (χ0n) is 9.51. The Morgan fingerprint density at radius 2 is 2.06 bits per heavy atom. The number of aliphatic carboxylic acids is 1. The number of carboxylic acids is 1. The van der Waals surface area contributed by atoms with Crippen LogP contribution in [0.1, 0.15) is 34.8 Å². The van der Waals surface area contributed by atoms with E-state index in [0.29, 0.717) is 23.1 Å². The lowest BCUT2D eigenvalue weighted by Crippen LogP contribution is -1.99.